The van der Waals surface area contributed by atoms with E-state index in [2.05, 4.69) is 5.10 Å². The van der Waals surface area contributed by atoms with Gasteiger partial charge in [0.15, 0.2) is 5.69 Å². The highest BCUT2D eigenvalue weighted by molar-refractivity contribution is 6.32. The SMILES string of the molecule is Cc1cc(=O)c(C(=O)N2CCC(C(=O)N3CCCCCC3)CC2)nn1-c1ccccc1Cl. The molecule has 8 heteroatoms. The third kappa shape index (κ3) is 4.72. The molecule has 0 aliphatic carbocycles. The smallest absolute Gasteiger partial charge is 0.278 e. The van der Waals surface area contributed by atoms with Crippen LogP contribution in [0, 0.1) is 12.8 Å². The van der Waals surface area contributed by atoms with Crippen molar-refractivity contribution in [2.45, 2.75) is 45.4 Å². The van der Waals surface area contributed by atoms with Crippen LogP contribution in [0.3, 0.4) is 0 Å². The molecule has 7 nitrogen and oxygen atoms in total. The fourth-order valence-electron chi connectivity index (χ4n) is 4.59. The molecule has 1 aromatic heterocycles. The Kier molecular flexibility index (Phi) is 6.94. The zero-order valence-electron chi connectivity index (χ0n) is 18.4. The first-order valence-corrected chi connectivity index (χ1v) is 11.8. The van der Waals surface area contributed by atoms with Crippen molar-refractivity contribution in [1.29, 1.82) is 0 Å². The average molecular weight is 457 g/mol. The zero-order chi connectivity index (χ0) is 22.7. The average Bonchev–Trinajstić information content (AvgIpc) is 3.09. The number of nitrogens with zero attached hydrogens (tertiary/aromatic N) is 4. The predicted octanol–water partition coefficient (Wildman–Crippen LogP) is 3.45. The van der Waals surface area contributed by atoms with Crippen molar-refractivity contribution in [3.63, 3.8) is 0 Å². The maximum absolute atomic E-state index is 13.1. The number of aryl methyl sites for hydroxylation is 1. The Morgan fingerprint density at radius 2 is 1.62 bits per heavy atom. The van der Waals surface area contributed by atoms with E-state index in [0.29, 0.717) is 42.3 Å². The molecule has 0 bridgehead atoms. The highest BCUT2D eigenvalue weighted by Gasteiger charge is 2.32. The summed E-state index contributed by atoms with van der Waals surface area (Å²) in [7, 11) is 0. The minimum Gasteiger partial charge on any atom is -0.342 e. The number of benzene rings is 1. The lowest BCUT2D eigenvalue weighted by atomic mass is 9.95. The predicted molar refractivity (Wildman–Crippen MR) is 123 cm³/mol. The number of hydrogen-bond donors (Lipinski definition) is 0. The molecule has 2 aliphatic heterocycles. The summed E-state index contributed by atoms with van der Waals surface area (Å²) in [5, 5.41) is 4.85. The van der Waals surface area contributed by atoms with Crippen LogP contribution in [0.15, 0.2) is 35.1 Å². The molecule has 0 spiro atoms. The number of rotatable bonds is 3. The number of hydrogen-bond acceptors (Lipinski definition) is 4. The van der Waals surface area contributed by atoms with Crippen LogP contribution in [-0.4, -0.2) is 57.6 Å². The Hall–Kier alpha value is -2.67. The number of aromatic nitrogens is 2. The van der Waals surface area contributed by atoms with E-state index in [9.17, 15) is 14.4 Å². The topological polar surface area (TPSA) is 75.5 Å². The van der Waals surface area contributed by atoms with E-state index in [1.54, 1.807) is 24.0 Å². The molecule has 2 fully saturated rings. The molecule has 170 valence electrons. The van der Waals surface area contributed by atoms with Crippen LogP contribution in [0.25, 0.3) is 5.69 Å². The van der Waals surface area contributed by atoms with Gasteiger partial charge in [0.25, 0.3) is 5.91 Å². The lowest BCUT2D eigenvalue weighted by Crippen LogP contribution is -2.45. The van der Waals surface area contributed by atoms with Crippen molar-refractivity contribution in [1.82, 2.24) is 19.6 Å². The summed E-state index contributed by atoms with van der Waals surface area (Å²) in [6.07, 6.45) is 5.75. The summed E-state index contributed by atoms with van der Waals surface area (Å²) in [5.41, 5.74) is 0.690. The van der Waals surface area contributed by atoms with Crippen LogP contribution in [0.1, 0.15) is 54.7 Å². The van der Waals surface area contributed by atoms with E-state index in [4.69, 9.17) is 11.6 Å². The second-order valence-electron chi connectivity index (χ2n) is 8.67. The molecule has 0 atom stereocenters. The number of halogens is 1. The van der Waals surface area contributed by atoms with E-state index in [0.717, 1.165) is 25.9 Å². The number of carbonyl (C=O) groups excluding carboxylic acids is 2. The lowest BCUT2D eigenvalue weighted by molar-refractivity contribution is -0.136. The molecule has 1 aromatic carbocycles. The van der Waals surface area contributed by atoms with Crippen LogP contribution in [0.2, 0.25) is 5.02 Å². The van der Waals surface area contributed by atoms with Gasteiger partial charge in [-0.2, -0.15) is 5.10 Å². The fraction of sp³-hybridized carbons (Fsp3) is 0.500. The first-order chi connectivity index (χ1) is 15.5. The summed E-state index contributed by atoms with van der Waals surface area (Å²) >= 11 is 6.30. The molecule has 2 aliphatic rings. The van der Waals surface area contributed by atoms with Crippen molar-refractivity contribution < 1.29 is 9.59 Å². The Labute approximate surface area is 193 Å². The van der Waals surface area contributed by atoms with Gasteiger partial charge in [-0.3, -0.25) is 14.4 Å². The van der Waals surface area contributed by atoms with Gasteiger partial charge in [0.2, 0.25) is 11.3 Å². The summed E-state index contributed by atoms with van der Waals surface area (Å²) < 4.78 is 1.53. The van der Waals surface area contributed by atoms with E-state index in [1.165, 1.54) is 23.6 Å². The van der Waals surface area contributed by atoms with Crippen LogP contribution in [-0.2, 0) is 4.79 Å². The van der Waals surface area contributed by atoms with Gasteiger partial charge in [-0.25, -0.2) is 4.68 Å². The molecular weight excluding hydrogens is 428 g/mol. The minimum absolute atomic E-state index is 0.0529. The van der Waals surface area contributed by atoms with Crippen LogP contribution >= 0.6 is 11.6 Å². The minimum atomic E-state index is -0.404. The van der Waals surface area contributed by atoms with Crippen LogP contribution < -0.4 is 5.43 Å². The summed E-state index contributed by atoms with van der Waals surface area (Å²) in [6.45, 7) is 4.33. The van der Waals surface area contributed by atoms with E-state index < -0.39 is 11.3 Å². The maximum Gasteiger partial charge on any atom is 0.278 e. The zero-order valence-corrected chi connectivity index (χ0v) is 19.2. The standard InChI is InChI=1S/C24H29ClN4O3/c1-17-16-21(30)22(26-29(17)20-9-5-4-8-19(20)25)24(32)28-14-10-18(11-15-28)23(31)27-12-6-2-3-7-13-27/h4-5,8-9,16,18H,2-3,6-7,10-15H2,1H3. The van der Waals surface area contributed by atoms with Gasteiger partial charge in [-0.05, 0) is 44.7 Å². The number of para-hydroxylation sites is 1. The highest BCUT2D eigenvalue weighted by Crippen LogP contribution is 2.23. The van der Waals surface area contributed by atoms with Crippen molar-refractivity contribution in [2.24, 2.45) is 5.92 Å². The molecule has 0 unspecified atom stereocenters. The highest BCUT2D eigenvalue weighted by atomic mass is 35.5. The summed E-state index contributed by atoms with van der Waals surface area (Å²) in [5.74, 6) is -0.229. The quantitative estimate of drug-likeness (QED) is 0.708. The largest absolute Gasteiger partial charge is 0.342 e. The van der Waals surface area contributed by atoms with Crippen molar-refractivity contribution >= 4 is 23.4 Å². The van der Waals surface area contributed by atoms with Gasteiger partial charge in [-0.15, -0.1) is 0 Å². The molecule has 0 saturated carbocycles. The Bertz CT molecular complexity index is 1050. The second kappa shape index (κ2) is 9.86. The first kappa shape index (κ1) is 22.5. The van der Waals surface area contributed by atoms with E-state index >= 15 is 0 Å². The van der Waals surface area contributed by atoms with Gasteiger partial charge in [0.1, 0.15) is 0 Å². The monoisotopic (exact) mass is 456 g/mol. The number of likely N-dealkylation sites (tertiary alicyclic amines) is 2. The normalized spacial score (nSPS) is 17.8. The van der Waals surface area contributed by atoms with Crippen molar-refractivity contribution in [2.75, 3.05) is 26.2 Å². The Morgan fingerprint density at radius 3 is 2.28 bits per heavy atom. The van der Waals surface area contributed by atoms with Gasteiger partial charge >= 0.3 is 0 Å². The molecule has 2 amide bonds. The number of carbonyl (C=O) groups is 2. The molecular formula is C24H29ClN4O3. The van der Waals surface area contributed by atoms with E-state index in [1.807, 2.05) is 17.0 Å². The molecule has 4 rings (SSSR count). The van der Waals surface area contributed by atoms with E-state index in [-0.39, 0.29) is 17.5 Å². The summed E-state index contributed by atoms with van der Waals surface area (Å²) in [4.78, 5) is 42.3. The Morgan fingerprint density at radius 1 is 0.969 bits per heavy atom. The van der Waals surface area contributed by atoms with Gasteiger partial charge in [0, 0.05) is 43.9 Å². The van der Waals surface area contributed by atoms with Crippen LogP contribution in [0.4, 0.5) is 0 Å². The molecule has 0 N–H and O–H groups in total. The fourth-order valence-corrected chi connectivity index (χ4v) is 4.81. The van der Waals surface area contributed by atoms with Gasteiger partial charge in [-0.1, -0.05) is 36.6 Å². The molecule has 2 aromatic rings. The lowest BCUT2D eigenvalue weighted by Gasteiger charge is -2.33. The second-order valence-corrected chi connectivity index (χ2v) is 9.07. The molecule has 32 heavy (non-hydrogen) atoms. The van der Waals surface area contributed by atoms with Gasteiger partial charge < -0.3 is 9.80 Å². The summed E-state index contributed by atoms with van der Waals surface area (Å²) in [6, 6.07) is 8.59. The molecule has 2 saturated heterocycles. The first-order valence-electron chi connectivity index (χ1n) is 11.4. The molecule has 0 radical (unpaired) electrons. The number of piperidine rings is 1. The van der Waals surface area contributed by atoms with Crippen molar-refractivity contribution in [3.8, 4) is 5.69 Å². The van der Waals surface area contributed by atoms with Crippen LogP contribution in [0.5, 0.6) is 0 Å². The maximum atomic E-state index is 13.1. The third-order valence-electron chi connectivity index (χ3n) is 6.44. The number of amides is 2. The van der Waals surface area contributed by atoms with Crippen molar-refractivity contribution in [3.05, 3.63) is 57.0 Å². The van der Waals surface area contributed by atoms with Gasteiger partial charge in [0.05, 0.1) is 10.7 Å². The Balaban J connectivity index is 1.47. The third-order valence-corrected chi connectivity index (χ3v) is 6.76. The molecule has 3 heterocycles.